The summed E-state index contributed by atoms with van der Waals surface area (Å²) in [4.78, 5) is 14.8. The molecule has 0 aromatic heterocycles. The number of likely N-dealkylation sites (tertiary alicyclic amines) is 1. The highest BCUT2D eigenvalue weighted by Crippen LogP contribution is 2.24. The van der Waals surface area contributed by atoms with E-state index in [9.17, 15) is 4.79 Å². The van der Waals surface area contributed by atoms with Crippen molar-refractivity contribution in [1.82, 2.24) is 4.90 Å². The van der Waals surface area contributed by atoms with Crippen molar-refractivity contribution in [1.29, 1.82) is 0 Å². The van der Waals surface area contributed by atoms with Crippen LogP contribution in [0, 0.1) is 6.92 Å². The maximum Gasteiger partial charge on any atom is 0.254 e. The number of hydrogen-bond donors (Lipinski definition) is 0. The molecule has 3 rings (SSSR count). The van der Waals surface area contributed by atoms with Crippen molar-refractivity contribution >= 4 is 16.7 Å². The molecule has 0 N–H and O–H groups in total. The van der Waals surface area contributed by atoms with Gasteiger partial charge in [-0.2, -0.15) is 0 Å². The van der Waals surface area contributed by atoms with E-state index in [-0.39, 0.29) is 5.91 Å². The average Bonchev–Trinajstić information content (AvgIpc) is 2.47. The SMILES string of the molecule is Cc1ccc2ccccc2c1C(=O)N1CCCCC1. The Morgan fingerprint density at radius 3 is 2.53 bits per heavy atom. The van der Waals surface area contributed by atoms with Crippen LogP contribution in [-0.4, -0.2) is 23.9 Å². The van der Waals surface area contributed by atoms with Crippen LogP contribution in [0.2, 0.25) is 0 Å². The maximum absolute atomic E-state index is 12.8. The summed E-state index contributed by atoms with van der Waals surface area (Å²) in [6, 6.07) is 12.3. The van der Waals surface area contributed by atoms with Crippen LogP contribution in [0.1, 0.15) is 35.2 Å². The standard InChI is InChI=1S/C17H19NO/c1-13-9-10-14-7-3-4-8-15(14)16(13)17(19)18-11-5-2-6-12-18/h3-4,7-10H,2,5-6,11-12H2,1H3. The van der Waals surface area contributed by atoms with E-state index in [0.29, 0.717) is 0 Å². The molecule has 0 unspecified atom stereocenters. The molecule has 0 atom stereocenters. The van der Waals surface area contributed by atoms with Crippen LogP contribution >= 0.6 is 0 Å². The fourth-order valence-electron chi connectivity index (χ4n) is 2.92. The Balaban J connectivity index is 2.08. The Kier molecular flexibility index (Phi) is 3.24. The molecule has 19 heavy (non-hydrogen) atoms. The third kappa shape index (κ3) is 2.23. The number of nitrogens with zero attached hydrogens (tertiary/aromatic N) is 1. The van der Waals surface area contributed by atoms with Crippen LogP contribution < -0.4 is 0 Å². The minimum atomic E-state index is 0.203. The predicted octanol–water partition coefficient (Wildman–Crippen LogP) is 3.77. The molecule has 0 aliphatic carbocycles. The summed E-state index contributed by atoms with van der Waals surface area (Å²) in [6.07, 6.45) is 3.52. The number of aryl methyl sites for hydroxylation is 1. The lowest BCUT2D eigenvalue weighted by Crippen LogP contribution is -2.36. The van der Waals surface area contributed by atoms with Crippen LogP contribution in [0.15, 0.2) is 36.4 Å². The van der Waals surface area contributed by atoms with Gasteiger partial charge in [0.05, 0.1) is 5.56 Å². The average molecular weight is 253 g/mol. The molecular formula is C17H19NO. The lowest BCUT2D eigenvalue weighted by atomic mass is 9.98. The second-order valence-electron chi connectivity index (χ2n) is 5.33. The minimum Gasteiger partial charge on any atom is -0.339 e. The zero-order valence-corrected chi connectivity index (χ0v) is 11.4. The largest absolute Gasteiger partial charge is 0.339 e. The smallest absolute Gasteiger partial charge is 0.254 e. The van der Waals surface area contributed by atoms with E-state index in [2.05, 4.69) is 24.3 Å². The van der Waals surface area contributed by atoms with Crippen molar-refractivity contribution in [3.8, 4) is 0 Å². The van der Waals surface area contributed by atoms with Crippen LogP contribution in [-0.2, 0) is 0 Å². The van der Waals surface area contributed by atoms with Gasteiger partial charge in [-0.05, 0) is 42.5 Å². The summed E-state index contributed by atoms with van der Waals surface area (Å²) in [7, 11) is 0. The Morgan fingerprint density at radius 2 is 1.74 bits per heavy atom. The van der Waals surface area contributed by atoms with Crippen LogP contribution in [0.5, 0.6) is 0 Å². The molecule has 0 saturated carbocycles. The Bertz CT molecular complexity index is 612. The van der Waals surface area contributed by atoms with Gasteiger partial charge in [-0.1, -0.05) is 36.4 Å². The summed E-state index contributed by atoms with van der Waals surface area (Å²) < 4.78 is 0. The lowest BCUT2D eigenvalue weighted by Gasteiger charge is -2.27. The number of carbonyl (C=O) groups excluding carboxylic acids is 1. The van der Waals surface area contributed by atoms with Gasteiger partial charge in [0, 0.05) is 13.1 Å². The molecule has 2 nitrogen and oxygen atoms in total. The van der Waals surface area contributed by atoms with Gasteiger partial charge in [0.1, 0.15) is 0 Å². The molecule has 2 aromatic rings. The summed E-state index contributed by atoms with van der Waals surface area (Å²) in [6.45, 7) is 3.84. The van der Waals surface area contributed by atoms with Gasteiger partial charge in [0.25, 0.3) is 5.91 Å². The molecule has 1 saturated heterocycles. The van der Waals surface area contributed by atoms with E-state index >= 15 is 0 Å². The van der Waals surface area contributed by atoms with Crippen LogP contribution in [0.4, 0.5) is 0 Å². The van der Waals surface area contributed by atoms with E-state index < -0.39 is 0 Å². The van der Waals surface area contributed by atoms with E-state index in [1.54, 1.807) is 0 Å². The van der Waals surface area contributed by atoms with Crippen LogP contribution in [0.3, 0.4) is 0 Å². The Morgan fingerprint density at radius 1 is 1.00 bits per heavy atom. The van der Waals surface area contributed by atoms with Gasteiger partial charge in [0.2, 0.25) is 0 Å². The zero-order chi connectivity index (χ0) is 13.2. The number of carbonyl (C=O) groups is 1. The van der Waals surface area contributed by atoms with E-state index in [0.717, 1.165) is 47.8 Å². The van der Waals surface area contributed by atoms with Crippen molar-refractivity contribution in [3.05, 3.63) is 47.5 Å². The van der Waals surface area contributed by atoms with Gasteiger partial charge < -0.3 is 4.90 Å². The number of piperidine rings is 1. The predicted molar refractivity (Wildman–Crippen MR) is 78.4 cm³/mol. The van der Waals surface area contributed by atoms with E-state index in [4.69, 9.17) is 0 Å². The number of fused-ring (bicyclic) bond motifs is 1. The number of benzene rings is 2. The van der Waals surface area contributed by atoms with Crippen molar-refractivity contribution in [2.45, 2.75) is 26.2 Å². The summed E-state index contributed by atoms with van der Waals surface area (Å²) in [5.41, 5.74) is 1.97. The second-order valence-corrected chi connectivity index (χ2v) is 5.33. The van der Waals surface area contributed by atoms with Gasteiger partial charge >= 0.3 is 0 Å². The van der Waals surface area contributed by atoms with Crippen molar-refractivity contribution < 1.29 is 4.79 Å². The number of hydrogen-bond acceptors (Lipinski definition) is 1. The highest BCUT2D eigenvalue weighted by molar-refractivity contribution is 6.08. The number of amides is 1. The minimum absolute atomic E-state index is 0.203. The fraction of sp³-hybridized carbons (Fsp3) is 0.353. The highest BCUT2D eigenvalue weighted by atomic mass is 16.2. The maximum atomic E-state index is 12.8. The van der Waals surface area contributed by atoms with Gasteiger partial charge in [-0.3, -0.25) is 4.79 Å². The molecule has 1 aliphatic rings. The second kappa shape index (κ2) is 5.04. The first-order valence-corrected chi connectivity index (χ1v) is 7.05. The third-order valence-corrected chi connectivity index (χ3v) is 3.99. The molecule has 2 heteroatoms. The molecule has 0 bridgehead atoms. The van der Waals surface area contributed by atoms with E-state index in [1.807, 2.05) is 24.0 Å². The molecule has 1 aliphatic heterocycles. The first-order valence-electron chi connectivity index (χ1n) is 7.05. The first kappa shape index (κ1) is 12.2. The summed E-state index contributed by atoms with van der Waals surface area (Å²) in [5.74, 6) is 0.203. The van der Waals surface area contributed by atoms with Gasteiger partial charge in [0.15, 0.2) is 0 Å². The molecule has 2 aromatic carbocycles. The quantitative estimate of drug-likeness (QED) is 0.757. The molecule has 98 valence electrons. The van der Waals surface area contributed by atoms with Crippen molar-refractivity contribution in [2.75, 3.05) is 13.1 Å². The summed E-state index contributed by atoms with van der Waals surface area (Å²) >= 11 is 0. The van der Waals surface area contributed by atoms with E-state index in [1.165, 1.54) is 6.42 Å². The zero-order valence-electron chi connectivity index (χ0n) is 11.4. The number of rotatable bonds is 1. The molecule has 1 fully saturated rings. The molecular weight excluding hydrogens is 234 g/mol. The normalized spacial score (nSPS) is 15.7. The monoisotopic (exact) mass is 253 g/mol. The highest BCUT2D eigenvalue weighted by Gasteiger charge is 2.21. The Hall–Kier alpha value is -1.83. The topological polar surface area (TPSA) is 20.3 Å². The van der Waals surface area contributed by atoms with Crippen LogP contribution in [0.25, 0.3) is 10.8 Å². The fourth-order valence-corrected chi connectivity index (χ4v) is 2.92. The molecule has 1 heterocycles. The molecule has 0 radical (unpaired) electrons. The van der Waals surface area contributed by atoms with Gasteiger partial charge in [-0.25, -0.2) is 0 Å². The first-order chi connectivity index (χ1) is 9.27. The molecule has 1 amide bonds. The Labute approximate surface area is 114 Å². The third-order valence-electron chi connectivity index (χ3n) is 3.99. The van der Waals surface area contributed by atoms with Crippen molar-refractivity contribution in [3.63, 3.8) is 0 Å². The molecule has 0 spiro atoms. The summed E-state index contributed by atoms with van der Waals surface area (Å²) in [5, 5.41) is 2.23. The van der Waals surface area contributed by atoms with Crippen molar-refractivity contribution in [2.24, 2.45) is 0 Å². The van der Waals surface area contributed by atoms with Gasteiger partial charge in [-0.15, -0.1) is 0 Å². The lowest BCUT2D eigenvalue weighted by molar-refractivity contribution is 0.0725.